The molecule has 1 aliphatic heterocycles. The zero-order valence-corrected chi connectivity index (χ0v) is 19.2. The van der Waals surface area contributed by atoms with Gasteiger partial charge in [0.05, 0.1) is 11.1 Å². The number of furan rings is 1. The number of hydrogen-bond acceptors (Lipinski definition) is 7. The zero-order chi connectivity index (χ0) is 24.2. The number of fused-ring (bicyclic) bond motifs is 2. The van der Waals surface area contributed by atoms with Gasteiger partial charge in [-0.05, 0) is 55.3 Å². The van der Waals surface area contributed by atoms with Gasteiger partial charge in [-0.15, -0.1) is 0 Å². The van der Waals surface area contributed by atoms with Crippen molar-refractivity contribution in [2.45, 2.75) is 13.3 Å². The van der Waals surface area contributed by atoms with E-state index < -0.39 is 5.97 Å². The van der Waals surface area contributed by atoms with Crippen LogP contribution in [0.25, 0.3) is 22.4 Å². The number of benzene rings is 2. The quantitative estimate of drug-likeness (QED) is 0.405. The molecule has 1 N–H and O–H groups in total. The molecule has 4 aromatic rings. The lowest BCUT2D eigenvalue weighted by atomic mass is 10.1. The molecule has 0 radical (unpaired) electrons. The number of ether oxygens (including phenoxy) is 3. The summed E-state index contributed by atoms with van der Waals surface area (Å²) >= 11 is 0. The number of esters is 1. The Bertz CT molecular complexity index is 1390. The van der Waals surface area contributed by atoms with Gasteiger partial charge in [0.25, 0.3) is 5.91 Å². The van der Waals surface area contributed by atoms with Gasteiger partial charge in [-0.25, -0.2) is 9.78 Å². The lowest BCUT2D eigenvalue weighted by Crippen LogP contribution is -2.30. The summed E-state index contributed by atoms with van der Waals surface area (Å²) in [5.74, 6) is 1.75. The average Bonchev–Trinajstić information content (AvgIpc) is 3.33. The number of carbonyl (C=O) groups is 2. The number of pyridine rings is 1. The maximum atomic E-state index is 12.9. The second kappa shape index (κ2) is 9.89. The molecule has 1 amide bonds. The molecule has 2 aromatic carbocycles. The first-order chi connectivity index (χ1) is 17.1. The van der Waals surface area contributed by atoms with E-state index in [0.29, 0.717) is 59.8 Å². The van der Waals surface area contributed by atoms with Crippen molar-refractivity contribution >= 4 is 22.8 Å². The lowest BCUT2D eigenvalue weighted by molar-refractivity contribution is -0.124. The Kier molecular flexibility index (Phi) is 6.34. The lowest BCUT2D eigenvalue weighted by Gasteiger charge is -2.18. The second-order valence-electron chi connectivity index (χ2n) is 8.14. The van der Waals surface area contributed by atoms with Crippen LogP contribution < -0.4 is 14.8 Å². The van der Waals surface area contributed by atoms with Crippen LogP contribution in [0.2, 0.25) is 0 Å². The van der Waals surface area contributed by atoms with Crippen LogP contribution in [-0.4, -0.2) is 43.2 Å². The molecule has 3 heterocycles. The van der Waals surface area contributed by atoms with E-state index >= 15 is 0 Å². The predicted octanol–water partition coefficient (Wildman–Crippen LogP) is 4.09. The summed E-state index contributed by atoms with van der Waals surface area (Å²) in [4.78, 5) is 29.8. The van der Waals surface area contributed by atoms with Crippen molar-refractivity contribution in [2.75, 3.05) is 26.4 Å². The molecule has 1 aliphatic rings. The van der Waals surface area contributed by atoms with Crippen molar-refractivity contribution in [3.63, 3.8) is 0 Å². The summed E-state index contributed by atoms with van der Waals surface area (Å²) < 4.78 is 22.1. The molecular formula is C27H24N2O6. The third-order valence-corrected chi connectivity index (χ3v) is 5.61. The van der Waals surface area contributed by atoms with Gasteiger partial charge in [-0.3, -0.25) is 4.79 Å². The highest BCUT2D eigenvalue weighted by Crippen LogP contribution is 2.31. The van der Waals surface area contributed by atoms with Gasteiger partial charge >= 0.3 is 5.97 Å². The molecule has 8 nitrogen and oxygen atoms in total. The van der Waals surface area contributed by atoms with Crippen molar-refractivity contribution in [2.24, 2.45) is 0 Å². The molecule has 0 saturated heterocycles. The van der Waals surface area contributed by atoms with E-state index in [-0.39, 0.29) is 12.5 Å². The molecule has 0 unspecified atom stereocenters. The van der Waals surface area contributed by atoms with Gasteiger partial charge in [0.2, 0.25) is 0 Å². The Morgan fingerprint density at radius 3 is 2.66 bits per heavy atom. The molecule has 0 saturated carbocycles. The molecule has 0 fully saturated rings. The Hall–Kier alpha value is -4.33. The molecule has 0 aliphatic carbocycles. The smallest absolute Gasteiger partial charge is 0.339 e. The number of rotatable bonds is 7. The normalized spacial score (nSPS) is 12.4. The highest BCUT2D eigenvalue weighted by molar-refractivity contribution is 6.05. The summed E-state index contributed by atoms with van der Waals surface area (Å²) in [7, 11) is 0. The van der Waals surface area contributed by atoms with E-state index in [1.54, 1.807) is 18.2 Å². The van der Waals surface area contributed by atoms with Gasteiger partial charge in [0.1, 0.15) is 24.7 Å². The minimum atomic E-state index is -0.602. The van der Waals surface area contributed by atoms with E-state index in [0.717, 1.165) is 17.1 Å². The fourth-order valence-electron chi connectivity index (χ4n) is 3.89. The summed E-state index contributed by atoms with van der Waals surface area (Å²) in [5.41, 5.74) is 2.49. The third-order valence-electron chi connectivity index (χ3n) is 5.61. The van der Waals surface area contributed by atoms with E-state index in [1.807, 2.05) is 49.4 Å². The summed E-state index contributed by atoms with van der Waals surface area (Å²) in [5, 5.41) is 3.42. The molecule has 178 valence electrons. The molecule has 2 aromatic heterocycles. The maximum Gasteiger partial charge on any atom is 0.339 e. The van der Waals surface area contributed by atoms with Crippen molar-refractivity contribution in [1.82, 2.24) is 10.3 Å². The van der Waals surface area contributed by atoms with Crippen LogP contribution in [0.5, 0.6) is 11.5 Å². The van der Waals surface area contributed by atoms with Crippen LogP contribution >= 0.6 is 0 Å². The number of para-hydroxylation sites is 1. The number of carbonyl (C=O) groups excluding carboxylic acids is 2. The zero-order valence-electron chi connectivity index (χ0n) is 19.2. The van der Waals surface area contributed by atoms with Crippen LogP contribution in [-0.2, 0) is 16.0 Å². The van der Waals surface area contributed by atoms with Crippen LogP contribution in [0.3, 0.4) is 0 Å². The Labute approximate surface area is 201 Å². The SMILES string of the molecule is Cc1ccc(-c2cc(C(=O)OCC(=O)NCCc3ccc4c(c3)OCCO4)c3ccccc3n2)o1. The van der Waals surface area contributed by atoms with Crippen LogP contribution in [0, 0.1) is 6.92 Å². The monoisotopic (exact) mass is 472 g/mol. The number of aryl methyl sites for hydroxylation is 1. The minimum Gasteiger partial charge on any atom is -0.486 e. The van der Waals surface area contributed by atoms with Crippen molar-refractivity contribution in [1.29, 1.82) is 0 Å². The first-order valence-electron chi connectivity index (χ1n) is 11.4. The van der Waals surface area contributed by atoms with Gasteiger partial charge in [0.15, 0.2) is 23.9 Å². The Balaban J connectivity index is 1.20. The maximum absolute atomic E-state index is 12.9. The number of hydrogen-bond donors (Lipinski definition) is 1. The number of nitrogens with zero attached hydrogens (tertiary/aromatic N) is 1. The molecule has 0 bridgehead atoms. The standard InChI is InChI=1S/C27H24N2O6/c1-17-6-8-23(35-17)22-15-20(19-4-2-3-5-21(19)29-22)27(31)34-16-26(30)28-11-10-18-7-9-24-25(14-18)33-13-12-32-24/h2-9,14-15H,10-13,16H2,1H3,(H,28,30). The predicted molar refractivity (Wildman–Crippen MR) is 129 cm³/mol. The average molecular weight is 472 g/mol. The fraction of sp³-hybridized carbons (Fsp3) is 0.222. The molecule has 35 heavy (non-hydrogen) atoms. The van der Waals surface area contributed by atoms with Crippen LogP contribution in [0.1, 0.15) is 21.7 Å². The van der Waals surface area contributed by atoms with Crippen molar-refractivity contribution in [3.8, 4) is 23.0 Å². The second-order valence-corrected chi connectivity index (χ2v) is 8.14. The highest BCUT2D eigenvalue weighted by atomic mass is 16.6. The molecule has 0 spiro atoms. The largest absolute Gasteiger partial charge is 0.486 e. The number of aromatic nitrogens is 1. The van der Waals surface area contributed by atoms with Crippen molar-refractivity contribution in [3.05, 3.63) is 77.6 Å². The third kappa shape index (κ3) is 5.11. The fourth-order valence-corrected chi connectivity index (χ4v) is 3.89. The van der Waals surface area contributed by atoms with Crippen molar-refractivity contribution < 1.29 is 28.2 Å². The highest BCUT2D eigenvalue weighted by Gasteiger charge is 2.18. The topological polar surface area (TPSA) is 99.9 Å². The first-order valence-corrected chi connectivity index (χ1v) is 11.4. The molecular weight excluding hydrogens is 448 g/mol. The first kappa shape index (κ1) is 22.5. The van der Waals surface area contributed by atoms with Crippen LogP contribution in [0.4, 0.5) is 0 Å². The van der Waals surface area contributed by atoms with E-state index in [1.165, 1.54) is 0 Å². The molecule has 0 atom stereocenters. The Morgan fingerprint density at radius 2 is 1.83 bits per heavy atom. The molecule has 8 heteroatoms. The Morgan fingerprint density at radius 1 is 1.00 bits per heavy atom. The number of nitrogens with one attached hydrogen (secondary N) is 1. The number of amides is 1. The summed E-state index contributed by atoms with van der Waals surface area (Å²) in [6.07, 6.45) is 0.608. The van der Waals surface area contributed by atoms with Crippen LogP contribution in [0.15, 0.2) is 65.1 Å². The minimum absolute atomic E-state index is 0.323. The van der Waals surface area contributed by atoms with Gasteiger partial charge < -0.3 is 23.9 Å². The van der Waals surface area contributed by atoms with E-state index in [9.17, 15) is 9.59 Å². The van der Waals surface area contributed by atoms with Gasteiger partial charge in [-0.1, -0.05) is 24.3 Å². The summed E-state index contributed by atoms with van der Waals surface area (Å²) in [6, 6.07) is 18.3. The molecule has 5 rings (SSSR count). The van der Waals surface area contributed by atoms with E-state index in [4.69, 9.17) is 18.6 Å². The summed E-state index contributed by atoms with van der Waals surface area (Å²) in [6.45, 7) is 2.92. The van der Waals surface area contributed by atoms with Gasteiger partial charge in [-0.2, -0.15) is 0 Å². The van der Waals surface area contributed by atoms with Gasteiger partial charge in [0, 0.05) is 11.9 Å². The van der Waals surface area contributed by atoms with E-state index in [2.05, 4.69) is 10.3 Å².